The number of nitrogens with one attached hydrogen (secondary N) is 1. The van der Waals surface area contributed by atoms with Crippen molar-refractivity contribution in [3.8, 4) is 5.75 Å². The Labute approximate surface area is 140 Å². The van der Waals surface area contributed by atoms with E-state index in [4.69, 9.17) is 20.8 Å². The van der Waals surface area contributed by atoms with Crippen LogP contribution >= 0.6 is 11.6 Å². The minimum absolute atomic E-state index is 0.511. The second-order valence-electron chi connectivity index (χ2n) is 5.25. The van der Waals surface area contributed by atoms with Crippen molar-refractivity contribution in [3.63, 3.8) is 0 Å². The van der Waals surface area contributed by atoms with Crippen LogP contribution in [0.2, 0.25) is 5.02 Å². The Balaban J connectivity index is 1.47. The van der Waals surface area contributed by atoms with E-state index in [1.807, 2.05) is 48.5 Å². The molecule has 0 bridgehead atoms. The van der Waals surface area contributed by atoms with Crippen molar-refractivity contribution in [3.05, 3.63) is 88.8 Å². The number of benzene rings is 2. The van der Waals surface area contributed by atoms with E-state index in [1.165, 1.54) is 5.56 Å². The molecular weight excluding hydrogens is 310 g/mol. The fourth-order valence-electron chi connectivity index (χ4n) is 2.24. The molecule has 1 aromatic heterocycles. The lowest BCUT2D eigenvalue weighted by Gasteiger charge is -2.08. The molecule has 0 unspecified atom stereocenters. The van der Waals surface area contributed by atoms with E-state index in [0.717, 1.165) is 35.2 Å². The van der Waals surface area contributed by atoms with E-state index in [2.05, 4.69) is 17.4 Å². The monoisotopic (exact) mass is 327 g/mol. The summed E-state index contributed by atoms with van der Waals surface area (Å²) < 4.78 is 11.1. The highest BCUT2D eigenvalue weighted by atomic mass is 35.5. The normalized spacial score (nSPS) is 10.7. The summed E-state index contributed by atoms with van der Waals surface area (Å²) >= 11 is 5.96. The Kier molecular flexibility index (Phi) is 5.35. The third kappa shape index (κ3) is 4.88. The molecule has 0 spiro atoms. The van der Waals surface area contributed by atoms with Gasteiger partial charge in [0.15, 0.2) is 0 Å². The van der Waals surface area contributed by atoms with Gasteiger partial charge in [-0.25, -0.2) is 0 Å². The summed E-state index contributed by atoms with van der Waals surface area (Å²) in [4.78, 5) is 0. The second kappa shape index (κ2) is 7.86. The summed E-state index contributed by atoms with van der Waals surface area (Å²) in [6.45, 7) is 2.02. The van der Waals surface area contributed by atoms with Crippen LogP contribution in [0.3, 0.4) is 0 Å². The van der Waals surface area contributed by atoms with Crippen molar-refractivity contribution in [2.75, 3.05) is 0 Å². The molecular formula is C19H18ClNO2. The first-order valence-corrected chi connectivity index (χ1v) is 7.87. The maximum absolute atomic E-state index is 5.96. The van der Waals surface area contributed by atoms with Crippen molar-refractivity contribution < 1.29 is 9.15 Å². The largest absolute Gasteiger partial charge is 0.489 e. The van der Waals surface area contributed by atoms with Gasteiger partial charge in [-0.1, -0.05) is 35.9 Å². The van der Waals surface area contributed by atoms with Crippen molar-refractivity contribution >= 4 is 11.6 Å². The molecule has 0 radical (unpaired) electrons. The Morgan fingerprint density at radius 2 is 1.78 bits per heavy atom. The molecule has 1 N–H and O–H groups in total. The van der Waals surface area contributed by atoms with Crippen LogP contribution in [-0.2, 0) is 19.7 Å². The average molecular weight is 328 g/mol. The minimum Gasteiger partial charge on any atom is -0.489 e. The maximum atomic E-state index is 5.96. The van der Waals surface area contributed by atoms with Crippen LogP contribution in [0.5, 0.6) is 5.75 Å². The van der Waals surface area contributed by atoms with Gasteiger partial charge in [0.25, 0.3) is 0 Å². The number of furan rings is 1. The van der Waals surface area contributed by atoms with Gasteiger partial charge in [-0.2, -0.15) is 0 Å². The molecule has 4 heteroatoms. The van der Waals surface area contributed by atoms with E-state index in [-0.39, 0.29) is 0 Å². The Bertz CT molecular complexity index is 723. The zero-order valence-electron chi connectivity index (χ0n) is 12.7. The zero-order valence-corrected chi connectivity index (χ0v) is 13.4. The highest BCUT2D eigenvalue weighted by Crippen LogP contribution is 2.16. The summed E-state index contributed by atoms with van der Waals surface area (Å²) in [5.41, 5.74) is 2.26. The molecule has 3 nitrogen and oxygen atoms in total. The van der Waals surface area contributed by atoms with Crippen molar-refractivity contribution in [1.82, 2.24) is 5.32 Å². The molecule has 0 aliphatic carbocycles. The van der Waals surface area contributed by atoms with Gasteiger partial charge in [0.05, 0.1) is 12.8 Å². The Morgan fingerprint density at radius 3 is 2.52 bits per heavy atom. The smallest absolute Gasteiger partial charge is 0.119 e. The molecule has 3 rings (SSSR count). The molecule has 0 aliphatic heterocycles. The Morgan fingerprint density at radius 1 is 0.913 bits per heavy atom. The van der Waals surface area contributed by atoms with Gasteiger partial charge in [0, 0.05) is 11.6 Å². The molecule has 1 heterocycles. The van der Waals surface area contributed by atoms with E-state index in [9.17, 15) is 0 Å². The topological polar surface area (TPSA) is 34.4 Å². The molecule has 23 heavy (non-hydrogen) atoms. The first-order valence-electron chi connectivity index (χ1n) is 7.49. The highest BCUT2D eigenvalue weighted by Gasteiger charge is 1.99. The van der Waals surface area contributed by atoms with Crippen molar-refractivity contribution in [1.29, 1.82) is 0 Å². The molecule has 2 aromatic carbocycles. The van der Waals surface area contributed by atoms with Gasteiger partial charge in [-0.3, -0.25) is 0 Å². The van der Waals surface area contributed by atoms with Gasteiger partial charge in [-0.05, 0) is 47.5 Å². The first-order chi connectivity index (χ1) is 11.3. The van der Waals surface area contributed by atoms with Crippen molar-refractivity contribution in [2.45, 2.75) is 19.7 Å². The van der Waals surface area contributed by atoms with E-state index in [0.29, 0.717) is 6.61 Å². The quantitative estimate of drug-likeness (QED) is 0.676. The third-order valence-corrected chi connectivity index (χ3v) is 3.66. The van der Waals surface area contributed by atoms with Crippen LogP contribution < -0.4 is 10.1 Å². The van der Waals surface area contributed by atoms with Crippen LogP contribution in [-0.4, -0.2) is 0 Å². The summed E-state index contributed by atoms with van der Waals surface area (Å²) in [7, 11) is 0. The molecule has 0 aliphatic rings. The molecule has 0 saturated heterocycles. The second-order valence-corrected chi connectivity index (χ2v) is 5.68. The molecule has 118 valence electrons. The molecule has 3 aromatic rings. The first kappa shape index (κ1) is 15.7. The fourth-order valence-corrected chi connectivity index (χ4v) is 2.45. The SMILES string of the molecule is Clc1cccc(COc2ccc(CNCc3ccco3)cc2)c1. The maximum Gasteiger partial charge on any atom is 0.119 e. The van der Waals surface area contributed by atoms with E-state index >= 15 is 0 Å². The minimum atomic E-state index is 0.511. The average Bonchev–Trinajstić information content (AvgIpc) is 3.08. The number of rotatable bonds is 7. The number of halogens is 1. The standard InChI is InChI=1S/C19H18ClNO2/c20-17-4-1-3-16(11-17)14-23-18-8-6-15(7-9-18)12-21-13-19-5-2-10-22-19/h1-11,21H,12-14H2. The van der Waals surface area contributed by atoms with E-state index < -0.39 is 0 Å². The van der Waals surface area contributed by atoms with Crippen LogP contribution in [0.15, 0.2) is 71.3 Å². The molecule has 0 fully saturated rings. The van der Waals surface area contributed by atoms with Gasteiger partial charge >= 0.3 is 0 Å². The van der Waals surface area contributed by atoms with Gasteiger partial charge in [0.2, 0.25) is 0 Å². The predicted octanol–water partition coefficient (Wildman–Crippen LogP) is 4.80. The summed E-state index contributed by atoms with van der Waals surface area (Å²) in [5.74, 6) is 1.78. The van der Waals surface area contributed by atoms with Crippen LogP contribution in [0.1, 0.15) is 16.9 Å². The van der Waals surface area contributed by atoms with Crippen LogP contribution in [0.25, 0.3) is 0 Å². The lowest BCUT2D eigenvalue weighted by molar-refractivity contribution is 0.306. The van der Waals surface area contributed by atoms with E-state index in [1.54, 1.807) is 6.26 Å². The van der Waals surface area contributed by atoms with Crippen LogP contribution in [0.4, 0.5) is 0 Å². The lowest BCUT2D eigenvalue weighted by atomic mass is 10.2. The van der Waals surface area contributed by atoms with Gasteiger partial charge in [0.1, 0.15) is 18.1 Å². The van der Waals surface area contributed by atoms with Gasteiger partial charge in [-0.15, -0.1) is 0 Å². The molecule has 0 amide bonds. The summed E-state index contributed by atoms with van der Waals surface area (Å²) in [6, 6.07) is 19.6. The highest BCUT2D eigenvalue weighted by molar-refractivity contribution is 6.30. The zero-order chi connectivity index (χ0) is 15.9. The fraction of sp³-hybridized carbons (Fsp3) is 0.158. The summed E-state index contributed by atoms with van der Waals surface area (Å²) in [5, 5.41) is 4.06. The molecule has 0 saturated carbocycles. The number of hydrogen-bond donors (Lipinski definition) is 1. The number of ether oxygens (including phenoxy) is 1. The van der Waals surface area contributed by atoms with Crippen molar-refractivity contribution in [2.24, 2.45) is 0 Å². The lowest BCUT2D eigenvalue weighted by Crippen LogP contribution is -2.11. The Hall–Kier alpha value is -2.23. The molecule has 0 atom stereocenters. The number of hydrogen-bond acceptors (Lipinski definition) is 3. The third-order valence-electron chi connectivity index (χ3n) is 3.43. The van der Waals surface area contributed by atoms with Crippen LogP contribution in [0, 0.1) is 0 Å². The predicted molar refractivity (Wildman–Crippen MR) is 91.5 cm³/mol. The summed E-state index contributed by atoms with van der Waals surface area (Å²) in [6.07, 6.45) is 1.68. The van der Waals surface area contributed by atoms with Gasteiger partial charge < -0.3 is 14.5 Å².